The van der Waals surface area contributed by atoms with Crippen molar-refractivity contribution in [2.75, 3.05) is 18.0 Å². The molecule has 26 heavy (non-hydrogen) atoms. The third-order valence-electron chi connectivity index (χ3n) is 6.06. The minimum Gasteiger partial charge on any atom is -0.444 e. The number of ether oxygens (including phenoxy) is 1. The topological polar surface area (TPSA) is 87.3 Å². The molecule has 3 fully saturated rings. The van der Waals surface area contributed by atoms with Crippen LogP contribution in [0.15, 0.2) is 11.0 Å². The molecule has 2 heterocycles. The van der Waals surface area contributed by atoms with Gasteiger partial charge in [-0.05, 0) is 31.6 Å². The SMILES string of the molecule is O=C(NC1(C2CCCCC2)CC1)O[C@@H]1CCN(c2cn[nH]c(=O)c2Cl)C1. The first-order valence-corrected chi connectivity index (χ1v) is 9.92. The molecule has 0 radical (unpaired) electrons. The molecule has 0 aromatic carbocycles. The van der Waals surface area contributed by atoms with Crippen molar-refractivity contribution >= 4 is 23.4 Å². The van der Waals surface area contributed by atoms with Gasteiger partial charge in [-0.25, -0.2) is 9.89 Å². The fourth-order valence-corrected chi connectivity index (χ4v) is 4.66. The number of aromatic nitrogens is 2. The van der Waals surface area contributed by atoms with E-state index in [9.17, 15) is 9.59 Å². The van der Waals surface area contributed by atoms with Crippen LogP contribution in [0.4, 0.5) is 10.5 Å². The molecule has 1 atom stereocenters. The highest BCUT2D eigenvalue weighted by atomic mass is 35.5. The summed E-state index contributed by atoms with van der Waals surface area (Å²) in [6, 6.07) is 0. The van der Waals surface area contributed by atoms with Crippen LogP contribution in [-0.4, -0.2) is 41.0 Å². The van der Waals surface area contributed by atoms with Gasteiger partial charge in [0.25, 0.3) is 5.56 Å². The lowest BCUT2D eigenvalue weighted by atomic mass is 9.82. The van der Waals surface area contributed by atoms with Gasteiger partial charge in [0.15, 0.2) is 0 Å². The Balaban J connectivity index is 1.32. The lowest BCUT2D eigenvalue weighted by Crippen LogP contribution is -2.44. The van der Waals surface area contributed by atoms with Gasteiger partial charge in [0.05, 0.1) is 18.4 Å². The van der Waals surface area contributed by atoms with Crippen molar-refractivity contribution in [3.05, 3.63) is 21.6 Å². The number of halogens is 1. The molecule has 2 saturated carbocycles. The van der Waals surface area contributed by atoms with Gasteiger partial charge in [-0.3, -0.25) is 4.79 Å². The molecule has 142 valence electrons. The van der Waals surface area contributed by atoms with Crippen molar-refractivity contribution in [3.63, 3.8) is 0 Å². The van der Waals surface area contributed by atoms with Crippen LogP contribution in [0.25, 0.3) is 0 Å². The van der Waals surface area contributed by atoms with Gasteiger partial charge in [-0.2, -0.15) is 5.10 Å². The van der Waals surface area contributed by atoms with Gasteiger partial charge >= 0.3 is 6.09 Å². The number of aromatic amines is 1. The van der Waals surface area contributed by atoms with Crippen molar-refractivity contribution in [1.82, 2.24) is 15.5 Å². The van der Waals surface area contributed by atoms with Crippen molar-refractivity contribution in [2.24, 2.45) is 5.92 Å². The molecule has 1 aliphatic heterocycles. The Labute approximate surface area is 157 Å². The second-order valence-corrected chi connectivity index (χ2v) is 8.15. The van der Waals surface area contributed by atoms with Crippen molar-refractivity contribution < 1.29 is 9.53 Å². The Hall–Kier alpha value is -1.76. The summed E-state index contributed by atoms with van der Waals surface area (Å²) in [5, 5.41) is 9.40. The number of amides is 1. The molecule has 3 aliphatic rings. The molecule has 1 saturated heterocycles. The summed E-state index contributed by atoms with van der Waals surface area (Å²) in [6.45, 7) is 1.20. The summed E-state index contributed by atoms with van der Waals surface area (Å²) in [5.41, 5.74) is 0.160. The maximum Gasteiger partial charge on any atom is 0.407 e. The number of anilines is 1. The summed E-state index contributed by atoms with van der Waals surface area (Å²) >= 11 is 6.06. The fourth-order valence-electron chi connectivity index (χ4n) is 4.45. The number of hydrogen-bond donors (Lipinski definition) is 2. The Bertz CT molecular complexity index is 727. The lowest BCUT2D eigenvalue weighted by molar-refractivity contribution is 0.0976. The quantitative estimate of drug-likeness (QED) is 0.838. The Morgan fingerprint density at radius 1 is 1.31 bits per heavy atom. The van der Waals surface area contributed by atoms with E-state index in [-0.39, 0.29) is 22.8 Å². The molecular formula is C18H25ClN4O3. The molecule has 1 amide bonds. The van der Waals surface area contributed by atoms with Crippen molar-refractivity contribution in [1.29, 1.82) is 0 Å². The van der Waals surface area contributed by atoms with Gasteiger partial charge in [0.1, 0.15) is 11.1 Å². The number of nitrogens with zero attached hydrogens (tertiary/aromatic N) is 2. The van der Waals surface area contributed by atoms with Gasteiger partial charge in [0.2, 0.25) is 0 Å². The Morgan fingerprint density at radius 2 is 2.08 bits per heavy atom. The van der Waals surface area contributed by atoms with E-state index in [1.807, 2.05) is 4.90 Å². The maximum atomic E-state index is 12.4. The van der Waals surface area contributed by atoms with E-state index in [4.69, 9.17) is 16.3 Å². The largest absolute Gasteiger partial charge is 0.444 e. The molecule has 0 unspecified atom stereocenters. The predicted molar refractivity (Wildman–Crippen MR) is 98.6 cm³/mol. The molecule has 7 nitrogen and oxygen atoms in total. The van der Waals surface area contributed by atoms with Crippen LogP contribution in [0, 0.1) is 5.92 Å². The molecule has 0 bridgehead atoms. The lowest BCUT2D eigenvalue weighted by Gasteiger charge is -2.31. The molecule has 2 N–H and O–H groups in total. The van der Waals surface area contributed by atoms with Crippen LogP contribution < -0.4 is 15.8 Å². The zero-order valence-electron chi connectivity index (χ0n) is 14.8. The monoisotopic (exact) mass is 380 g/mol. The Morgan fingerprint density at radius 3 is 2.81 bits per heavy atom. The zero-order valence-corrected chi connectivity index (χ0v) is 15.6. The Kier molecular flexibility index (Phi) is 4.82. The normalized spacial score (nSPS) is 25.1. The van der Waals surface area contributed by atoms with Gasteiger partial charge in [-0.1, -0.05) is 30.9 Å². The van der Waals surface area contributed by atoms with E-state index < -0.39 is 5.56 Å². The standard InChI is InChI=1S/C18H25ClN4O3/c19-15-14(10-20-22-16(15)24)23-9-6-13(11-23)26-17(25)21-18(7-8-18)12-4-2-1-3-5-12/h10,12-13H,1-9,11H2,(H,21,25)(H,22,24)/t13-/m1/s1. The highest BCUT2D eigenvalue weighted by Crippen LogP contribution is 2.48. The molecule has 0 spiro atoms. The van der Waals surface area contributed by atoms with Gasteiger partial charge < -0.3 is 15.0 Å². The van der Waals surface area contributed by atoms with E-state index in [0.717, 1.165) is 12.8 Å². The van der Waals surface area contributed by atoms with Crippen LogP contribution in [0.1, 0.15) is 51.4 Å². The number of alkyl carbamates (subject to hydrolysis) is 1. The van der Waals surface area contributed by atoms with E-state index in [1.165, 1.54) is 38.3 Å². The third kappa shape index (κ3) is 3.54. The zero-order chi connectivity index (χ0) is 18.1. The molecule has 2 aliphatic carbocycles. The first-order valence-electron chi connectivity index (χ1n) is 9.54. The molecule has 8 heteroatoms. The second-order valence-electron chi connectivity index (χ2n) is 7.78. The number of carbonyl (C=O) groups excluding carboxylic acids is 1. The smallest absolute Gasteiger partial charge is 0.407 e. The predicted octanol–water partition coefficient (Wildman–Crippen LogP) is 2.84. The first kappa shape index (κ1) is 17.6. The van der Waals surface area contributed by atoms with Crippen LogP contribution in [0.2, 0.25) is 5.02 Å². The average Bonchev–Trinajstić information content (AvgIpc) is 3.28. The summed E-state index contributed by atoms with van der Waals surface area (Å²) in [5.74, 6) is 0.602. The van der Waals surface area contributed by atoms with E-state index in [1.54, 1.807) is 0 Å². The van der Waals surface area contributed by atoms with Crippen LogP contribution in [0.5, 0.6) is 0 Å². The highest BCUT2D eigenvalue weighted by Gasteiger charge is 2.50. The summed E-state index contributed by atoms with van der Waals surface area (Å²) < 4.78 is 5.66. The van der Waals surface area contributed by atoms with E-state index in [2.05, 4.69) is 15.5 Å². The van der Waals surface area contributed by atoms with Crippen LogP contribution in [-0.2, 0) is 4.74 Å². The molecule has 1 aromatic heterocycles. The number of H-pyrrole nitrogens is 1. The minimum absolute atomic E-state index is 0.0181. The van der Waals surface area contributed by atoms with Crippen LogP contribution in [0.3, 0.4) is 0 Å². The first-order chi connectivity index (χ1) is 12.6. The molecule has 4 rings (SSSR count). The summed E-state index contributed by atoms with van der Waals surface area (Å²) in [6.07, 6.45) is 10.2. The van der Waals surface area contributed by atoms with E-state index >= 15 is 0 Å². The van der Waals surface area contributed by atoms with Crippen molar-refractivity contribution in [3.8, 4) is 0 Å². The number of nitrogens with one attached hydrogen (secondary N) is 2. The average molecular weight is 381 g/mol. The summed E-state index contributed by atoms with van der Waals surface area (Å²) in [4.78, 5) is 26.0. The minimum atomic E-state index is -0.408. The van der Waals surface area contributed by atoms with Gasteiger partial charge in [-0.15, -0.1) is 0 Å². The van der Waals surface area contributed by atoms with Gasteiger partial charge in [0, 0.05) is 18.5 Å². The van der Waals surface area contributed by atoms with Crippen molar-refractivity contribution in [2.45, 2.75) is 63.0 Å². The number of hydrogen-bond acceptors (Lipinski definition) is 5. The summed E-state index contributed by atoms with van der Waals surface area (Å²) in [7, 11) is 0. The number of rotatable bonds is 4. The maximum absolute atomic E-state index is 12.4. The second kappa shape index (κ2) is 7.10. The number of carbonyl (C=O) groups is 1. The highest BCUT2D eigenvalue weighted by molar-refractivity contribution is 6.33. The van der Waals surface area contributed by atoms with E-state index in [0.29, 0.717) is 31.1 Å². The molecule has 1 aromatic rings. The third-order valence-corrected chi connectivity index (χ3v) is 6.43. The van der Waals surface area contributed by atoms with Crippen LogP contribution >= 0.6 is 11.6 Å². The molecular weight excluding hydrogens is 356 g/mol. The fraction of sp³-hybridized carbons (Fsp3) is 0.722.